The van der Waals surface area contributed by atoms with Gasteiger partial charge in [0.25, 0.3) is 0 Å². The molecule has 0 saturated heterocycles. The van der Waals surface area contributed by atoms with Gasteiger partial charge in [0.2, 0.25) is 0 Å². The molecule has 3 aromatic rings. The van der Waals surface area contributed by atoms with Crippen LogP contribution in [-0.2, 0) is 13.5 Å². The Labute approximate surface area is 173 Å². The summed E-state index contributed by atoms with van der Waals surface area (Å²) in [6.07, 6.45) is 2.96. The van der Waals surface area contributed by atoms with Gasteiger partial charge in [-0.15, -0.1) is 0 Å². The lowest BCUT2D eigenvalue weighted by molar-refractivity contribution is 0.353. The van der Waals surface area contributed by atoms with Crippen molar-refractivity contribution in [3.8, 4) is 11.5 Å². The summed E-state index contributed by atoms with van der Waals surface area (Å²) in [6, 6.07) is 14.9. The van der Waals surface area contributed by atoms with Crippen molar-refractivity contribution in [3.05, 3.63) is 76.9 Å². The summed E-state index contributed by atoms with van der Waals surface area (Å²) in [5.74, 6) is 2.48. The van der Waals surface area contributed by atoms with E-state index in [0.29, 0.717) is 0 Å². The number of ether oxygens (including phenoxy) is 2. The van der Waals surface area contributed by atoms with Gasteiger partial charge in [-0.2, -0.15) is 0 Å². The highest BCUT2D eigenvalue weighted by Gasteiger charge is 2.20. The molecule has 2 aromatic carbocycles. The minimum Gasteiger partial charge on any atom is -0.493 e. The van der Waals surface area contributed by atoms with Gasteiger partial charge in [-0.25, -0.2) is 4.98 Å². The Hall–Kier alpha value is -2.79. The van der Waals surface area contributed by atoms with E-state index in [4.69, 9.17) is 14.5 Å². The van der Waals surface area contributed by atoms with E-state index >= 15 is 0 Å². The van der Waals surface area contributed by atoms with Crippen LogP contribution in [0.1, 0.15) is 47.2 Å². The lowest BCUT2D eigenvalue weighted by atomic mass is 9.95. The predicted molar refractivity (Wildman–Crippen MR) is 117 cm³/mol. The van der Waals surface area contributed by atoms with Gasteiger partial charge in [0.15, 0.2) is 11.5 Å². The Bertz CT molecular complexity index is 945. The molecular weight excluding hydrogens is 362 g/mol. The minimum atomic E-state index is 0.105. The van der Waals surface area contributed by atoms with Crippen molar-refractivity contribution in [2.45, 2.75) is 39.3 Å². The molecule has 154 valence electrons. The van der Waals surface area contributed by atoms with Crippen LogP contribution in [0.3, 0.4) is 0 Å². The minimum absolute atomic E-state index is 0.105. The standard InChI is InChI=1S/C24H31N3O2/c1-16-9-7-8-10-19(16)13-21(20-11-12-23(28-5)24(14-20)29-6)25-17(2)22-15-27(4)18(3)26-22/h7-12,14-15,17,21,25H,13H2,1-6H3/t17-,21+/m1/s1. The summed E-state index contributed by atoms with van der Waals surface area (Å²) in [6.45, 7) is 6.34. The Balaban J connectivity index is 1.94. The van der Waals surface area contributed by atoms with Crippen LogP contribution in [0.4, 0.5) is 0 Å². The van der Waals surface area contributed by atoms with E-state index in [1.165, 1.54) is 11.1 Å². The lowest BCUT2D eigenvalue weighted by Crippen LogP contribution is -2.27. The van der Waals surface area contributed by atoms with Gasteiger partial charge in [-0.1, -0.05) is 30.3 Å². The third-order valence-electron chi connectivity index (χ3n) is 5.52. The first-order valence-electron chi connectivity index (χ1n) is 9.95. The van der Waals surface area contributed by atoms with E-state index in [2.05, 4.69) is 66.3 Å². The lowest BCUT2D eigenvalue weighted by Gasteiger charge is -2.25. The summed E-state index contributed by atoms with van der Waals surface area (Å²) in [5.41, 5.74) is 4.82. The molecule has 0 amide bonds. The number of nitrogens with one attached hydrogen (secondary N) is 1. The second-order valence-corrected chi connectivity index (χ2v) is 7.51. The molecule has 1 N–H and O–H groups in total. The summed E-state index contributed by atoms with van der Waals surface area (Å²) in [5, 5.41) is 3.78. The van der Waals surface area contributed by atoms with Crippen molar-refractivity contribution in [1.29, 1.82) is 0 Å². The van der Waals surface area contributed by atoms with Gasteiger partial charge in [-0.05, 0) is 56.0 Å². The van der Waals surface area contributed by atoms with E-state index < -0.39 is 0 Å². The number of aromatic nitrogens is 2. The fourth-order valence-electron chi connectivity index (χ4n) is 3.58. The molecule has 2 atom stereocenters. The number of benzene rings is 2. The van der Waals surface area contributed by atoms with E-state index in [9.17, 15) is 0 Å². The van der Waals surface area contributed by atoms with E-state index in [-0.39, 0.29) is 12.1 Å². The third-order valence-corrected chi connectivity index (χ3v) is 5.52. The molecule has 1 heterocycles. The highest BCUT2D eigenvalue weighted by Crippen LogP contribution is 2.32. The molecule has 0 bridgehead atoms. The molecule has 1 aromatic heterocycles. The number of imidazole rings is 1. The van der Waals surface area contributed by atoms with Gasteiger partial charge in [0.05, 0.1) is 19.9 Å². The zero-order valence-corrected chi connectivity index (χ0v) is 18.2. The summed E-state index contributed by atoms with van der Waals surface area (Å²) in [7, 11) is 5.36. The molecule has 0 saturated carbocycles. The number of methoxy groups -OCH3 is 2. The quantitative estimate of drug-likeness (QED) is 0.603. The fraction of sp³-hybridized carbons (Fsp3) is 0.375. The molecule has 5 nitrogen and oxygen atoms in total. The molecular formula is C24H31N3O2. The first kappa shape index (κ1) is 20.9. The molecule has 0 unspecified atom stereocenters. The first-order valence-corrected chi connectivity index (χ1v) is 9.95. The Kier molecular flexibility index (Phi) is 6.60. The van der Waals surface area contributed by atoms with Crippen LogP contribution in [-0.4, -0.2) is 23.8 Å². The van der Waals surface area contributed by atoms with Gasteiger partial charge in [0, 0.05) is 25.3 Å². The maximum atomic E-state index is 5.54. The normalized spacial score (nSPS) is 13.2. The topological polar surface area (TPSA) is 48.3 Å². The van der Waals surface area contributed by atoms with Gasteiger partial charge in [0.1, 0.15) is 5.82 Å². The average molecular weight is 394 g/mol. The molecule has 0 aliphatic carbocycles. The Morgan fingerprint density at radius 2 is 1.76 bits per heavy atom. The molecule has 5 heteroatoms. The van der Waals surface area contributed by atoms with Crippen LogP contribution < -0.4 is 14.8 Å². The van der Waals surface area contributed by atoms with Gasteiger partial charge < -0.3 is 19.4 Å². The maximum absolute atomic E-state index is 5.54. The highest BCUT2D eigenvalue weighted by atomic mass is 16.5. The Morgan fingerprint density at radius 1 is 1.03 bits per heavy atom. The average Bonchev–Trinajstić information content (AvgIpc) is 3.07. The van der Waals surface area contributed by atoms with Gasteiger partial charge >= 0.3 is 0 Å². The second kappa shape index (κ2) is 9.14. The molecule has 29 heavy (non-hydrogen) atoms. The number of rotatable bonds is 8. The van der Waals surface area contributed by atoms with E-state index in [1.54, 1.807) is 14.2 Å². The van der Waals surface area contributed by atoms with Crippen LogP contribution in [0.5, 0.6) is 11.5 Å². The molecule has 0 aliphatic rings. The van der Waals surface area contributed by atoms with E-state index in [1.807, 2.05) is 20.0 Å². The molecule has 0 fully saturated rings. The molecule has 3 rings (SSSR count). The number of nitrogens with zero attached hydrogens (tertiary/aromatic N) is 2. The van der Waals surface area contributed by atoms with Crippen molar-refractivity contribution in [1.82, 2.24) is 14.9 Å². The van der Waals surface area contributed by atoms with Gasteiger partial charge in [-0.3, -0.25) is 0 Å². The zero-order chi connectivity index (χ0) is 21.0. The van der Waals surface area contributed by atoms with Crippen LogP contribution in [0, 0.1) is 13.8 Å². The third kappa shape index (κ3) is 4.80. The number of hydrogen-bond acceptors (Lipinski definition) is 4. The van der Waals surface area contributed by atoms with Crippen LogP contribution >= 0.6 is 0 Å². The van der Waals surface area contributed by atoms with Crippen LogP contribution in [0.25, 0.3) is 0 Å². The maximum Gasteiger partial charge on any atom is 0.161 e. The smallest absolute Gasteiger partial charge is 0.161 e. The van der Waals surface area contributed by atoms with Crippen LogP contribution in [0.15, 0.2) is 48.7 Å². The first-order chi connectivity index (χ1) is 13.9. The number of hydrogen-bond donors (Lipinski definition) is 1. The van der Waals surface area contributed by atoms with E-state index in [0.717, 1.165) is 35.0 Å². The Morgan fingerprint density at radius 3 is 2.38 bits per heavy atom. The van der Waals surface area contributed by atoms with Crippen molar-refractivity contribution < 1.29 is 9.47 Å². The molecule has 0 radical (unpaired) electrons. The van der Waals surface area contributed by atoms with Crippen molar-refractivity contribution in [2.75, 3.05) is 14.2 Å². The largest absolute Gasteiger partial charge is 0.493 e. The van der Waals surface area contributed by atoms with Crippen molar-refractivity contribution in [2.24, 2.45) is 7.05 Å². The summed E-state index contributed by atoms with van der Waals surface area (Å²) >= 11 is 0. The van der Waals surface area contributed by atoms with Crippen LogP contribution in [0.2, 0.25) is 0 Å². The zero-order valence-electron chi connectivity index (χ0n) is 18.2. The van der Waals surface area contributed by atoms with Crippen molar-refractivity contribution >= 4 is 0 Å². The monoisotopic (exact) mass is 393 g/mol. The fourth-order valence-corrected chi connectivity index (χ4v) is 3.58. The summed E-state index contributed by atoms with van der Waals surface area (Å²) in [4.78, 5) is 4.70. The highest BCUT2D eigenvalue weighted by molar-refractivity contribution is 5.44. The second-order valence-electron chi connectivity index (χ2n) is 7.51. The molecule has 0 spiro atoms. The molecule has 0 aliphatic heterocycles. The summed E-state index contributed by atoms with van der Waals surface area (Å²) < 4.78 is 13.0. The number of aryl methyl sites for hydroxylation is 3. The predicted octanol–water partition coefficient (Wildman–Crippen LogP) is 4.69. The van der Waals surface area contributed by atoms with Crippen molar-refractivity contribution in [3.63, 3.8) is 0 Å². The SMILES string of the molecule is COc1ccc([C@H](Cc2ccccc2C)N[C@H](C)c2cn(C)c(C)n2)cc1OC.